The molecular formula is C11H13ClN2O3. The molecule has 1 aromatic rings. The van der Waals surface area contributed by atoms with Gasteiger partial charge in [0.25, 0.3) is 0 Å². The molecule has 0 aliphatic heterocycles. The summed E-state index contributed by atoms with van der Waals surface area (Å²) in [5.74, 6) is -0.127. The first-order chi connectivity index (χ1) is 7.72. The Morgan fingerprint density at radius 1 is 1.53 bits per heavy atom. The number of carbonyl (C=O) groups is 1. The molecule has 0 heterocycles. The monoisotopic (exact) mass is 256 g/mol. The Morgan fingerprint density at radius 2 is 2.24 bits per heavy atom. The highest BCUT2D eigenvalue weighted by atomic mass is 35.5. The highest BCUT2D eigenvalue weighted by Gasteiger charge is 2.10. The Hall–Kier alpha value is -1.77. The van der Waals surface area contributed by atoms with Crippen LogP contribution in [-0.2, 0) is 4.74 Å². The van der Waals surface area contributed by atoms with Gasteiger partial charge in [0.1, 0.15) is 18.4 Å². The largest absolute Gasteiger partial charge is 0.491 e. The number of esters is 1. The zero-order valence-corrected chi connectivity index (χ0v) is 10.1. The van der Waals surface area contributed by atoms with Crippen molar-refractivity contribution < 1.29 is 14.3 Å². The number of methoxy groups -OCH3 is 1. The summed E-state index contributed by atoms with van der Waals surface area (Å²) in [4.78, 5) is 11.3. The minimum absolute atomic E-state index is 0. The molecule has 0 fully saturated rings. The van der Waals surface area contributed by atoms with E-state index in [-0.39, 0.29) is 12.4 Å². The lowest BCUT2D eigenvalue weighted by Gasteiger charge is -2.07. The van der Waals surface area contributed by atoms with Gasteiger partial charge in [0.15, 0.2) is 0 Å². The number of nitriles is 1. The third kappa shape index (κ3) is 3.94. The van der Waals surface area contributed by atoms with Gasteiger partial charge < -0.3 is 15.2 Å². The normalized spacial score (nSPS) is 8.76. The predicted molar refractivity (Wildman–Crippen MR) is 64.3 cm³/mol. The van der Waals surface area contributed by atoms with Crippen molar-refractivity contribution >= 4 is 18.4 Å². The molecule has 0 saturated carbocycles. The minimum Gasteiger partial charge on any atom is -0.491 e. The van der Waals surface area contributed by atoms with E-state index in [2.05, 4.69) is 4.74 Å². The van der Waals surface area contributed by atoms with Crippen LogP contribution in [0.3, 0.4) is 0 Å². The van der Waals surface area contributed by atoms with E-state index in [1.165, 1.54) is 25.3 Å². The van der Waals surface area contributed by atoms with Crippen molar-refractivity contribution in [1.29, 1.82) is 5.26 Å². The van der Waals surface area contributed by atoms with Crippen LogP contribution in [-0.4, -0.2) is 26.2 Å². The van der Waals surface area contributed by atoms with Crippen molar-refractivity contribution in [3.05, 3.63) is 29.3 Å². The molecule has 1 rings (SSSR count). The molecule has 92 valence electrons. The van der Waals surface area contributed by atoms with Crippen molar-refractivity contribution in [3.8, 4) is 11.8 Å². The van der Waals surface area contributed by atoms with Crippen LogP contribution in [0, 0.1) is 11.3 Å². The maximum atomic E-state index is 11.3. The zero-order valence-electron chi connectivity index (χ0n) is 9.30. The molecular weight excluding hydrogens is 244 g/mol. The quantitative estimate of drug-likeness (QED) is 0.816. The first-order valence-corrected chi connectivity index (χ1v) is 4.68. The topological polar surface area (TPSA) is 85.3 Å². The van der Waals surface area contributed by atoms with Crippen LogP contribution in [0.1, 0.15) is 15.9 Å². The molecule has 0 aromatic heterocycles. The van der Waals surface area contributed by atoms with Gasteiger partial charge in [-0.15, -0.1) is 12.4 Å². The van der Waals surface area contributed by atoms with Crippen LogP contribution in [0.25, 0.3) is 0 Å². The van der Waals surface area contributed by atoms with E-state index in [1.54, 1.807) is 0 Å². The van der Waals surface area contributed by atoms with E-state index in [1.807, 2.05) is 6.07 Å². The van der Waals surface area contributed by atoms with Gasteiger partial charge in [0.2, 0.25) is 0 Å². The summed E-state index contributed by atoms with van der Waals surface area (Å²) in [5.41, 5.74) is 6.00. The Kier molecular flexibility index (Phi) is 6.71. The van der Waals surface area contributed by atoms with E-state index in [0.29, 0.717) is 30.0 Å². The zero-order chi connectivity index (χ0) is 12.0. The van der Waals surface area contributed by atoms with Crippen LogP contribution in [0.15, 0.2) is 18.2 Å². The van der Waals surface area contributed by atoms with E-state index < -0.39 is 5.97 Å². The van der Waals surface area contributed by atoms with Gasteiger partial charge in [-0.25, -0.2) is 4.79 Å². The second-order valence-corrected chi connectivity index (χ2v) is 2.95. The van der Waals surface area contributed by atoms with Crippen LogP contribution >= 0.6 is 12.4 Å². The molecule has 0 bridgehead atoms. The van der Waals surface area contributed by atoms with Crippen LogP contribution in [0.5, 0.6) is 5.75 Å². The summed E-state index contributed by atoms with van der Waals surface area (Å²) in [5, 5.41) is 8.83. The van der Waals surface area contributed by atoms with Crippen molar-refractivity contribution in [2.24, 2.45) is 5.73 Å². The van der Waals surface area contributed by atoms with Crippen LogP contribution < -0.4 is 10.5 Å². The third-order valence-corrected chi connectivity index (χ3v) is 1.90. The average molecular weight is 257 g/mol. The van der Waals surface area contributed by atoms with Gasteiger partial charge >= 0.3 is 5.97 Å². The fraction of sp³-hybridized carbons (Fsp3) is 0.273. The van der Waals surface area contributed by atoms with E-state index >= 15 is 0 Å². The number of ether oxygens (including phenoxy) is 2. The summed E-state index contributed by atoms with van der Waals surface area (Å²) in [6.07, 6.45) is 0. The first kappa shape index (κ1) is 15.2. The summed E-state index contributed by atoms with van der Waals surface area (Å²) in [7, 11) is 1.29. The average Bonchev–Trinajstić information content (AvgIpc) is 2.34. The molecule has 0 unspecified atom stereocenters. The highest BCUT2D eigenvalue weighted by Crippen LogP contribution is 2.20. The Bertz CT molecular complexity index is 429. The molecule has 1 aromatic carbocycles. The summed E-state index contributed by atoms with van der Waals surface area (Å²) in [6, 6.07) is 6.47. The number of benzene rings is 1. The van der Waals surface area contributed by atoms with Crippen molar-refractivity contribution in [2.45, 2.75) is 0 Å². The minimum atomic E-state index is -0.470. The molecule has 0 amide bonds. The van der Waals surface area contributed by atoms with Gasteiger partial charge in [-0.05, 0) is 18.2 Å². The summed E-state index contributed by atoms with van der Waals surface area (Å²) >= 11 is 0. The van der Waals surface area contributed by atoms with Gasteiger partial charge in [0, 0.05) is 6.54 Å². The van der Waals surface area contributed by atoms with Gasteiger partial charge in [0.05, 0.1) is 18.2 Å². The predicted octanol–water partition coefficient (Wildman–Crippen LogP) is 1.10. The van der Waals surface area contributed by atoms with Gasteiger partial charge in [-0.3, -0.25) is 0 Å². The lowest BCUT2D eigenvalue weighted by molar-refractivity contribution is 0.0600. The second kappa shape index (κ2) is 7.49. The fourth-order valence-electron chi connectivity index (χ4n) is 1.15. The van der Waals surface area contributed by atoms with E-state index in [0.717, 1.165) is 0 Å². The number of carbonyl (C=O) groups excluding carboxylic acids is 1. The molecule has 0 atom stereocenters. The van der Waals surface area contributed by atoms with Gasteiger partial charge in [-0.1, -0.05) is 0 Å². The van der Waals surface area contributed by atoms with Crippen molar-refractivity contribution in [2.75, 3.05) is 20.3 Å². The molecule has 0 aliphatic carbocycles. The van der Waals surface area contributed by atoms with E-state index in [4.69, 9.17) is 15.7 Å². The Morgan fingerprint density at radius 3 is 2.76 bits per heavy atom. The number of hydrogen-bond donors (Lipinski definition) is 1. The van der Waals surface area contributed by atoms with Crippen molar-refractivity contribution in [3.63, 3.8) is 0 Å². The number of hydrogen-bond acceptors (Lipinski definition) is 5. The molecule has 6 heteroatoms. The van der Waals surface area contributed by atoms with Crippen LogP contribution in [0.2, 0.25) is 0 Å². The molecule has 17 heavy (non-hydrogen) atoms. The SMILES string of the molecule is COC(=O)c1ccc(C#N)c(OCCN)c1.Cl. The first-order valence-electron chi connectivity index (χ1n) is 4.68. The smallest absolute Gasteiger partial charge is 0.337 e. The fourth-order valence-corrected chi connectivity index (χ4v) is 1.15. The second-order valence-electron chi connectivity index (χ2n) is 2.95. The lowest BCUT2D eigenvalue weighted by Crippen LogP contribution is -2.12. The highest BCUT2D eigenvalue weighted by molar-refractivity contribution is 5.90. The number of rotatable bonds is 4. The van der Waals surface area contributed by atoms with E-state index in [9.17, 15) is 4.79 Å². The molecule has 2 N–H and O–H groups in total. The maximum Gasteiger partial charge on any atom is 0.337 e. The Labute approximate surface area is 106 Å². The third-order valence-electron chi connectivity index (χ3n) is 1.90. The maximum absolute atomic E-state index is 11.3. The van der Waals surface area contributed by atoms with Gasteiger partial charge in [-0.2, -0.15) is 5.26 Å². The number of nitrogens with zero attached hydrogens (tertiary/aromatic N) is 1. The Balaban J connectivity index is 0.00000256. The standard InChI is InChI=1S/C11H12N2O3.ClH/c1-15-11(14)8-2-3-9(7-13)10(6-8)16-5-4-12;/h2-3,6H,4-5,12H2,1H3;1H. The van der Waals surface area contributed by atoms with Crippen molar-refractivity contribution in [1.82, 2.24) is 0 Å². The molecule has 0 aliphatic rings. The summed E-state index contributed by atoms with van der Waals surface area (Å²) < 4.78 is 9.82. The molecule has 0 radical (unpaired) electrons. The molecule has 5 nitrogen and oxygen atoms in total. The lowest BCUT2D eigenvalue weighted by atomic mass is 10.1. The molecule has 0 spiro atoms. The van der Waals surface area contributed by atoms with Crippen LogP contribution in [0.4, 0.5) is 0 Å². The number of nitrogens with two attached hydrogens (primary N) is 1. The molecule has 0 saturated heterocycles. The summed E-state index contributed by atoms with van der Waals surface area (Å²) in [6.45, 7) is 0.632. The number of halogens is 1.